The fourth-order valence-corrected chi connectivity index (χ4v) is 1.94. The van der Waals surface area contributed by atoms with Crippen molar-refractivity contribution in [3.8, 4) is 5.75 Å². The summed E-state index contributed by atoms with van der Waals surface area (Å²) < 4.78 is 5.12. The molecule has 5 heteroatoms. The van der Waals surface area contributed by atoms with Crippen molar-refractivity contribution < 1.29 is 9.53 Å². The van der Waals surface area contributed by atoms with Crippen molar-refractivity contribution in [3.63, 3.8) is 0 Å². The number of carbonyl (C=O) groups excluding carboxylic acids is 1. The van der Waals surface area contributed by atoms with Gasteiger partial charge in [0.15, 0.2) is 0 Å². The Morgan fingerprint density at radius 3 is 2.52 bits per heavy atom. The van der Waals surface area contributed by atoms with E-state index in [1.165, 1.54) is 0 Å². The van der Waals surface area contributed by atoms with Crippen LogP contribution in [0.3, 0.4) is 0 Å². The molecule has 0 bridgehead atoms. The van der Waals surface area contributed by atoms with Gasteiger partial charge in [0, 0.05) is 17.9 Å². The van der Waals surface area contributed by atoms with Crippen LogP contribution in [-0.2, 0) is 0 Å². The molecule has 21 heavy (non-hydrogen) atoms. The number of rotatable bonds is 5. The predicted octanol–water partition coefficient (Wildman–Crippen LogP) is 2.77. The molecular weight excluding hydrogens is 266 g/mol. The van der Waals surface area contributed by atoms with Crippen molar-refractivity contribution in [3.05, 3.63) is 48.0 Å². The first-order valence-electron chi connectivity index (χ1n) is 6.73. The molecule has 2 aromatic carbocycles. The molecule has 0 aliphatic rings. The van der Waals surface area contributed by atoms with Crippen LogP contribution in [0.1, 0.15) is 17.3 Å². The zero-order valence-corrected chi connectivity index (χ0v) is 12.1. The molecule has 4 N–H and O–H groups in total. The second-order valence-corrected chi connectivity index (χ2v) is 4.52. The number of ether oxygens (including phenoxy) is 1. The van der Waals surface area contributed by atoms with Crippen LogP contribution in [-0.4, -0.2) is 19.6 Å². The van der Waals surface area contributed by atoms with Crippen LogP contribution in [0.5, 0.6) is 5.75 Å². The van der Waals surface area contributed by atoms with E-state index < -0.39 is 0 Å². The number of anilines is 3. The number of amides is 1. The highest BCUT2D eigenvalue weighted by Crippen LogP contribution is 2.24. The largest absolute Gasteiger partial charge is 0.497 e. The number of nitrogens with two attached hydrogens (primary N) is 1. The van der Waals surface area contributed by atoms with E-state index in [1.807, 2.05) is 31.2 Å². The summed E-state index contributed by atoms with van der Waals surface area (Å²) in [6.45, 7) is 2.44. The molecule has 0 saturated heterocycles. The van der Waals surface area contributed by atoms with Crippen molar-refractivity contribution in [2.24, 2.45) is 0 Å². The minimum absolute atomic E-state index is 0.152. The van der Waals surface area contributed by atoms with E-state index in [4.69, 9.17) is 10.5 Å². The Morgan fingerprint density at radius 1 is 1.19 bits per heavy atom. The molecule has 2 aromatic rings. The van der Waals surface area contributed by atoms with Crippen molar-refractivity contribution >= 4 is 23.0 Å². The topological polar surface area (TPSA) is 76.4 Å². The minimum Gasteiger partial charge on any atom is -0.497 e. The lowest BCUT2D eigenvalue weighted by Crippen LogP contribution is -2.23. The third-order valence-corrected chi connectivity index (χ3v) is 2.99. The lowest BCUT2D eigenvalue weighted by Gasteiger charge is -2.13. The number of nitrogens with one attached hydrogen (secondary N) is 2. The number of benzene rings is 2. The first-order chi connectivity index (χ1) is 10.1. The van der Waals surface area contributed by atoms with E-state index in [2.05, 4.69) is 10.6 Å². The van der Waals surface area contributed by atoms with Gasteiger partial charge in [-0.1, -0.05) is 0 Å². The average molecular weight is 285 g/mol. The Morgan fingerprint density at radius 2 is 1.90 bits per heavy atom. The number of methoxy groups -OCH3 is 1. The molecule has 1 amide bonds. The van der Waals surface area contributed by atoms with Crippen LogP contribution in [0, 0.1) is 0 Å². The van der Waals surface area contributed by atoms with Crippen molar-refractivity contribution in [2.45, 2.75) is 6.92 Å². The van der Waals surface area contributed by atoms with Crippen LogP contribution in [0.2, 0.25) is 0 Å². The molecule has 0 saturated carbocycles. The van der Waals surface area contributed by atoms with Gasteiger partial charge in [0.1, 0.15) is 5.75 Å². The summed E-state index contributed by atoms with van der Waals surface area (Å²) in [7, 11) is 1.62. The highest BCUT2D eigenvalue weighted by atomic mass is 16.5. The molecular formula is C16H19N3O2. The molecule has 0 aromatic heterocycles. The molecule has 110 valence electrons. The zero-order valence-electron chi connectivity index (χ0n) is 12.1. The highest BCUT2D eigenvalue weighted by Gasteiger charge is 2.11. The number of nitrogen functional groups attached to an aromatic ring is 1. The van der Waals surface area contributed by atoms with E-state index >= 15 is 0 Å². The number of hydrogen-bond acceptors (Lipinski definition) is 4. The maximum absolute atomic E-state index is 12.1. The van der Waals surface area contributed by atoms with Crippen molar-refractivity contribution in [2.75, 3.05) is 24.7 Å². The van der Waals surface area contributed by atoms with Crippen LogP contribution in [0.4, 0.5) is 17.1 Å². The fourth-order valence-electron chi connectivity index (χ4n) is 1.94. The van der Waals surface area contributed by atoms with E-state index in [1.54, 1.807) is 25.3 Å². The van der Waals surface area contributed by atoms with Crippen LogP contribution < -0.4 is 21.1 Å². The Hall–Kier alpha value is -2.69. The lowest BCUT2D eigenvalue weighted by atomic mass is 10.1. The summed E-state index contributed by atoms with van der Waals surface area (Å²) in [5.41, 5.74) is 8.42. The molecule has 0 spiro atoms. The SMILES string of the molecule is CCNC(=O)c1cc(N)ccc1Nc1ccc(OC)cc1. The standard InChI is InChI=1S/C16H19N3O2/c1-3-18-16(20)14-10-11(17)4-9-15(14)19-12-5-7-13(21-2)8-6-12/h4-10,19H,3,17H2,1-2H3,(H,18,20). The Labute approximate surface area is 124 Å². The second kappa shape index (κ2) is 6.65. The maximum atomic E-state index is 12.1. The molecule has 0 radical (unpaired) electrons. The van der Waals surface area contributed by atoms with E-state index in [-0.39, 0.29) is 5.91 Å². The van der Waals surface area contributed by atoms with E-state index in [0.29, 0.717) is 23.5 Å². The van der Waals surface area contributed by atoms with Gasteiger partial charge in [-0.3, -0.25) is 4.79 Å². The van der Waals surface area contributed by atoms with Gasteiger partial charge in [-0.15, -0.1) is 0 Å². The first-order valence-corrected chi connectivity index (χ1v) is 6.73. The molecule has 5 nitrogen and oxygen atoms in total. The first kappa shape index (κ1) is 14.7. The molecule has 0 fully saturated rings. The molecule has 0 aliphatic carbocycles. The number of carbonyl (C=O) groups is 1. The summed E-state index contributed by atoms with van der Waals surface area (Å²) in [5, 5.41) is 6.00. The average Bonchev–Trinajstić information content (AvgIpc) is 2.50. The predicted molar refractivity (Wildman–Crippen MR) is 85.1 cm³/mol. The van der Waals surface area contributed by atoms with Crippen LogP contribution >= 0.6 is 0 Å². The summed E-state index contributed by atoms with van der Waals surface area (Å²) in [6.07, 6.45) is 0. The van der Waals surface area contributed by atoms with Gasteiger partial charge in [0.05, 0.1) is 18.4 Å². The lowest BCUT2D eigenvalue weighted by molar-refractivity contribution is 0.0956. The smallest absolute Gasteiger partial charge is 0.253 e. The van der Waals surface area contributed by atoms with E-state index in [0.717, 1.165) is 11.4 Å². The quantitative estimate of drug-likeness (QED) is 0.738. The monoisotopic (exact) mass is 285 g/mol. The Balaban J connectivity index is 2.27. The Bertz CT molecular complexity index is 624. The summed E-state index contributed by atoms with van der Waals surface area (Å²) in [4.78, 5) is 12.1. The molecule has 0 aliphatic heterocycles. The van der Waals surface area contributed by atoms with Gasteiger partial charge in [-0.05, 0) is 49.4 Å². The maximum Gasteiger partial charge on any atom is 0.253 e. The van der Waals surface area contributed by atoms with Gasteiger partial charge in [0.25, 0.3) is 5.91 Å². The van der Waals surface area contributed by atoms with Gasteiger partial charge in [0.2, 0.25) is 0 Å². The minimum atomic E-state index is -0.152. The summed E-state index contributed by atoms with van der Waals surface area (Å²) in [6, 6.07) is 12.7. The van der Waals surface area contributed by atoms with Crippen LogP contribution in [0.25, 0.3) is 0 Å². The third kappa shape index (κ3) is 3.66. The van der Waals surface area contributed by atoms with Gasteiger partial charge in [-0.2, -0.15) is 0 Å². The molecule has 0 atom stereocenters. The Kier molecular flexibility index (Phi) is 4.66. The third-order valence-electron chi connectivity index (χ3n) is 2.99. The molecule has 2 rings (SSSR count). The molecule has 0 heterocycles. The normalized spacial score (nSPS) is 10.0. The second-order valence-electron chi connectivity index (χ2n) is 4.52. The fraction of sp³-hybridized carbons (Fsp3) is 0.188. The van der Waals surface area contributed by atoms with Crippen molar-refractivity contribution in [1.82, 2.24) is 5.32 Å². The number of hydrogen-bond donors (Lipinski definition) is 3. The van der Waals surface area contributed by atoms with Gasteiger partial charge in [-0.25, -0.2) is 0 Å². The summed E-state index contributed by atoms with van der Waals surface area (Å²) >= 11 is 0. The van der Waals surface area contributed by atoms with Gasteiger partial charge >= 0.3 is 0 Å². The zero-order chi connectivity index (χ0) is 15.2. The van der Waals surface area contributed by atoms with Gasteiger partial charge < -0.3 is 21.1 Å². The highest BCUT2D eigenvalue weighted by molar-refractivity contribution is 6.01. The molecule has 0 unspecified atom stereocenters. The summed E-state index contributed by atoms with van der Waals surface area (Å²) in [5.74, 6) is 0.627. The van der Waals surface area contributed by atoms with E-state index in [9.17, 15) is 4.79 Å². The van der Waals surface area contributed by atoms with Crippen molar-refractivity contribution in [1.29, 1.82) is 0 Å². The van der Waals surface area contributed by atoms with Crippen LogP contribution in [0.15, 0.2) is 42.5 Å².